The van der Waals surface area contributed by atoms with Crippen molar-refractivity contribution in [3.8, 4) is 11.8 Å². The normalized spacial score (nSPS) is 9.15. The van der Waals surface area contributed by atoms with E-state index in [9.17, 15) is 4.39 Å². The molecule has 0 bridgehead atoms. The summed E-state index contributed by atoms with van der Waals surface area (Å²) in [7, 11) is 0. The van der Waals surface area contributed by atoms with E-state index in [1.807, 2.05) is 0 Å². The van der Waals surface area contributed by atoms with E-state index in [4.69, 9.17) is 5.73 Å². The highest BCUT2D eigenvalue weighted by atomic mass is 79.9. The van der Waals surface area contributed by atoms with Crippen LogP contribution in [0.15, 0.2) is 18.2 Å². The molecular formula is C10H9BrFN. The second kappa shape index (κ2) is 5.00. The fourth-order valence-electron chi connectivity index (χ4n) is 0.972. The molecule has 68 valence electrons. The zero-order valence-corrected chi connectivity index (χ0v) is 8.57. The number of alkyl halides is 1. The highest BCUT2D eigenvalue weighted by Crippen LogP contribution is 2.09. The minimum atomic E-state index is -0.281. The average Bonchev–Trinajstić information content (AvgIpc) is 2.15. The van der Waals surface area contributed by atoms with Crippen LogP contribution in [0.2, 0.25) is 0 Å². The van der Waals surface area contributed by atoms with E-state index in [0.29, 0.717) is 17.4 Å². The Morgan fingerprint density at radius 1 is 1.46 bits per heavy atom. The molecule has 2 N–H and O–H groups in total. The minimum absolute atomic E-state index is 0.281. The zero-order chi connectivity index (χ0) is 9.68. The molecule has 13 heavy (non-hydrogen) atoms. The molecule has 1 rings (SSSR count). The molecule has 1 nitrogen and oxygen atoms in total. The summed E-state index contributed by atoms with van der Waals surface area (Å²) >= 11 is 3.17. The lowest BCUT2D eigenvalue weighted by Gasteiger charge is -2.00. The van der Waals surface area contributed by atoms with Crippen molar-refractivity contribution in [1.29, 1.82) is 0 Å². The van der Waals surface area contributed by atoms with Gasteiger partial charge in [-0.3, -0.25) is 0 Å². The fourth-order valence-corrected chi connectivity index (χ4v) is 1.11. The van der Waals surface area contributed by atoms with E-state index >= 15 is 0 Å². The Balaban J connectivity index is 3.08. The number of hydrogen-bond acceptors (Lipinski definition) is 1. The van der Waals surface area contributed by atoms with Gasteiger partial charge >= 0.3 is 0 Å². The van der Waals surface area contributed by atoms with Crippen LogP contribution in [-0.4, -0.2) is 5.33 Å². The highest BCUT2D eigenvalue weighted by molar-refractivity contribution is 9.09. The zero-order valence-electron chi connectivity index (χ0n) is 6.98. The summed E-state index contributed by atoms with van der Waals surface area (Å²) in [4.78, 5) is 0. The number of halogens is 2. The van der Waals surface area contributed by atoms with Gasteiger partial charge in [-0.05, 0) is 17.7 Å². The predicted octanol–water partition coefficient (Wildman–Crippen LogP) is 2.03. The maximum absolute atomic E-state index is 12.8. The van der Waals surface area contributed by atoms with Crippen LogP contribution in [0, 0.1) is 17.7 Å². The Kier molecular flexibility index (Phi) is 3.94. The maximum atomic E-state index is 12.8. The van der Waals surface area contributed by atoms with Crippen molar-refractivity contribution in [3.05, 3.63) is 35.1 Å². The molecule has 0 saturated heterocycles. The van der Waals surface area contributed by atoms with E-state index < -0.39 is 0 Å². The topological polar surface area (TPSA) is 26.0 Å². The first-order valence-electron chi connectivity index (χ1n) is 3.81. The summed E-state index contributed by atoms with van der Waals surface area (Å²) in [5.74, 6) is 5.37. The molecule has 0 spiro atoms. The standard InChI is InChI=1S/C10H9BrFN/c11-5-1-2-8-6-10(12)4-3-9(8)7-13/h3-4,6H,5,7,13H2. The van der Waals surface area contributed by atoms with Crippen LogP contribution in [-0.2, 0) is 6.54 Å². The second-order valence-corrected chi connectivity index (χ2v) is 3.00. The van der Waals surface area contributed by atoms with E-state index in [1.54, 1.807) is 6.07 Å². The minimum Gasteiger partial charge on any atom is -0.326 e. The van der Waals surface area contributed by atoms with Crippen LogP contribution in [0.1, 0.15) is 11.1 Å². The van der Waals surface area contributed by atoms with Crippen molar-refractivity contribution in [3.63, 3.8) is 0 Å². The number of rotatable bonds is 1. The molecule has 0 aromatic heterocycles. The summed E-state index contributed by atoms with van der Waals surface area (Å²) < 4.78 is 12.8. The molecule has 0 aliphatic rings. The highest BCUT2D eigenvalue weighted by Gasteiger charge is 1.98. The van der Waals surface area contributed by atoms with Crippen molar-refractivity contribution < 1.29 is 4.39 Å². The molecule has 0 amide bonds. The molecular weight excluding hydrogens is 233 g/mol. The maximum Gasteiger partial charge on any atom is 0.124 e. The summed E-state index contributed by atoms with van der Waals surface area (Å²) in [6.45, 7) is 0.382. The summed E-state index contributed by atoms with van der Waals surface area (Å²) in [5.41, 5.74) is 7.01. The first kappa shape index (κ1) is 10.2. The smallest absolute Gasteiger partial charge is 0.124 e. The van der Waals surface area contributed by atoms with Gasteiger partial charge in [-0.15, -0.1) is 0 Å². The van der Waals surface area contributed by atoms with Crippen LogP contribution in [0.3, 0.4) is 0 Å². The molecule has 0 aliphatic carbocycles. The van der Waals surface area contributed by atoms with Crippen LogP contribution < -0.4 is 5.73 Å². The van der Waals surface area contributed by atoms with Crippen molar-refractivity contribution in [2.45, 2.75) is 6.54 Å². The molecule has 1 aromatic carbocycles. The number of nitrogens with two attached hydrogens (primary N) is 1. The quantitative estimate of drug-likeness (QED) is 0.591. The van der Waals surface area contributed by atoms with Gasteiger partial charge in [-0.1, -0.05) is 33.8 Å². The lowest BCUT2D eigenvalue weighted by Crippen LogP contribution is -1.99. The third-order valence-electron chi connectivity index (χ3n) is 1.58. The molecule has 0 saturated carbocycles. The van der Waals surface area contributed by atoms with Gasteiger partial charge in [-0.2, -0.15) is 0 Å². The van der Waals surface area contributed by atoms with Crippen LogP contribution >= 0.6 is 15.9 Å². The van der Waals surface area contributed by atoms with Gasteiger partial charge in [0, 0.05) is 12.1 Å². The molecule has 1 aromatic rings. The van der Waals surface area contributed by atoms with Crippen molar-refractivity contribution in [2.24, 2.45) is 5.73 Å². The molecule has 0 fully saturated rings. The van der Waals surface area contributed by atoms with E-state index in [1.165, 1.54) is 12.1 Å². The van der Waals surface area contributed by atoms with Crippen LogP contribution in [0.5, 0.6) is 0 Å². The Morgan fingerprint density at radius 2 is 2.23 bits per heavy atom. The molecule has 0 atom stereocenters. The molecule has 0 unspecified atom stereocenters. The molecule has 3 heteroatoms. The van der Waals surface area contributed by atoms with Crippen LogP contribution in [0.4, 0.5) is 4.39 Å². The Labute approximate surface area is 85.3 Å². The number of benzene rings is 1. The van der Waals surface area contributed by atoms with Crippen LogP contribution in [0.25, 0.3) is 0 Å². The first-order chi connectivity index (χ1) is 6.27. The van der Waals surface area contributed by atoms with Crippen molar-refractivity contribution in [1.82, 2.24) is 0 Å². The fraction of sp³-hybridized carbons (Fsp3) is 0.200. The summed E-state index contributed by atoms with van der Waals surface area (Å²) in [5, 5.41) is 0.577. The SMILES string of the molecule is NCc1ccc(F)cc1C#CCBr. The number of hydrogen-bond donors (Lipinski definition) is 1. The summed E-state index contributed by atoms with van der Waals surface area (Å²) in [6.07, 6.45) is 0. The third-order valence-corrected chi connectivity index (χ3v) is 1.86. The molecule has 0 aliphatic heterocycles. The van der Waals surface area contributed by atoms with E-state index in [0.717, 1.165) is 5.56 Å². The average molecular weight is 242 g/mol. The summed E-state index contributed by atoms with van der Waals surface area (Å²) in [6, 6.07) is 4.45. The first-order valence-corrected chi connectivity index (χ1v) is 4.93. The van der Waals surface area contributed by atoms with Gasteiger partial charge in [0.25, 0.3) is 0 Å². The van der Waals surface area contributed by atoms with Gasteiger partial charge in [0.1, 0.15) is 5.82 Å². The van der Waals surface area contributed by atoms with E-state index in [2.05, 4.69) is 27.8 Å². The lowest BCUT2D eigenvalue weighted by atomic mass is 10.1. The monoisotopic (exact) mass is 241 g/mol. The van der Waals surface area contributed by atoms with Crippen molar-refractivity contribution in [2.75, 3.05) is 5.33 Å². The van der Waals surface area contributed by atoms with Gasteiger partial charge in [0.2, 0.25) is 0 Å². The van der Waals surface area contributed by atoms with Gasteiger partial charge < -0.3 is 5.73 Å². The van der Waals surface area contributed by atoms with Gasteiger partial charge in [0.15, 0.2) is 0 Å². The largest absolute Gasteiger partial charge is 0.326 e. The molecule has 0 radical (unpaired) electrons. The second-order valence-electron chi connectivity index (χ2n) is 2.44. The lowest BCUT2D eigenvalue weighted by molar-refractivity contribution is 0.626. The van der Waals surface area contributed by atoms with Crippen molar-refractivity contribution >= 4 is 15.9 Å². The third kappa shape index (κ3) is 2.83. The predicted molar refractivity (Wildman–Crippen MR) is 55.0 cm³/mol. The Bertz CT molecular complexity index is 352. The Hall–Kier alpha value is -0.850. The van der Waals surface area contributed by atoms with E-state index in [-0.39, 0.29) is 5.82 Å². The van der Waals surface area contributed by atoms with Gasteiger partial charge in [-0.25, -0.2) is 4.39 Å². The molecule has 0 heterocycles. The Morgan fingerprint density at radius 3 is 2.85 bits per heavy atom. The van der Waals surface area contributed by atoms with Gasteiger partial charge in [0.05, 0.1) is 5.33 Å².